The van der Waals surface area contributed by atoms with E-state index in [9.17, 15) is 14.7 Å². The molecule has 0 unspecified atom stereocenters. The van der Waals surface area contributed by atoms with Crippen molar-refractivity contribution in [3.63, 3.8) is 0 Å². The second-order valence-electron chi connectivity index (χ2n) is 2.65. The van der Waals surface area contributed by atoms with Crippen LogP contribution in [0.25, 0.3) is 0 Å². The predicted octanol–water partition coefficient (Wildman–Crippen LogP) is 3.08. The van der Waals surface area contributed by atoms with Crippen molar-refractivity contribution in [3.8, 4) is 5.75 Å². The molecule has 16 heavy (non-hydrogen) atoms. The number of aromatic hydroxyl groups is 1. The minimum Gasteiger partial charge on any atom is -0.506 e. The molecule has 0 aliphatic carbocycles. The number of hydrogen-bond donors (Lipinski definition) is 3. The Morgan fingerprint density at radius 1 is 0.812 bits per heavy atom. The van der Waals surface area contributed by atoms with Gasteiger partial charge in [0.25, 0.3) is 0 Å². The van der Waals surface area contributed by atoms with E-state index in [1.54, 1.807) is 0 Å². The van der Waals surface area contributed by atoms with E-state index < -0.39 is 23.1 Å². The SMILES string of the molecule is O=C(O)c1c(Br)c(O)c(Br)c(Br)c1C(=O)O. The van der Waals surface area contributed by atoms with Crippen molar-refractivity contribution in [3.05, 3.63) is 24.5 Å². The van der Waals surface area contributed by atoms with Crippen molar-refractivity contribution in [1.82, 2.24) is 0 Å². The zero-order chi connectivity index (χ0) is 12.6. The molecule has 0 bridgehead atoms. The van der Waals surface area contributed by atoms with Gasteiger partial charge in [0.2, 0.25) is 0 Å². The molecule has 0 radical (unpaired) electrons. The molecule has 0 fully saturated rings. The molecule has 0 amide bonds. The van der Waals surface area contributed by atoms with E-state index in [1.807, 2.05) is 0 Å². The van der Waals surface area contributed by atoms with E-state index in [4.69, 9.17) is 10.2 Å². The normalized spacial score (nSPS) is 10.2. The Bertz CT molecular complexity index is 452. The molecule has 1 aromatic rings. The maximum absolute atomic E-state index is 10.9. The number of carbonyl (C=O) groups is 2. The largest absolute Gasteiger partial charge is 0.506 e. The van der Waals surface area contributed by atoms with Crippen molar-refractivity contribution in [1.29, 1.82) is 0 Å². The monoisotopic (exact) mass is 416 g/mol. The molecule has 5 nitrogen and oxygen atoms in total. The fourth-order valence-corrected chi connectivity index (χ4v) is 2.83. The second kappa shape index (κ2) is 4.72. The number of carboxylic acids is 2. The first kappa shape index (κ1) is 13.5. The van der Waals surface area contributed by atoms with Gasteiger partial charge in [-0.15, -0.1) is 0 Å². The van der Waals surface area contributed by atoms with Gasteiger partial charge < -0.3 is 15.3 Å². The third-order valence-corrected chi connectivity index (χ3v) is 4.59. The topological polar surface area (TPSA) is 94.8 Å². The number of hydrogen-bond acceptors (Lipinski definition) is 3. The zero-order valence-electron chi connectivity index (χ0n) is 7.29. The maximum Gasteiger partial charge on any atom is 0.337 e. The Morgan fingerprint density at radius 2 is 1.19 bits per heavy atom. The van der Waals surface area contributed by atoms with E-state index >= 15 is 0 Å². The Kier molecular flexibility index (Phi) is 3.97. The third-order valence-electron chi connectivity index (χ3n) is 1.73. The molecule has 0 heterocycles. The van der Waals surface area contributed by atoms with Crippen LogP contribution in [-0.2, 0) is 0 Å². The standard InChI is InChI=1S/C8H3Br3O5/c9-3-1(7(13)14)2(8(15)16)4(10)6(12)5(3)11/h12H,(H,13,14)(H,15,16). The molecule has 0 aromatic heterocycles. The summed E-state index contributed by atoms with van der Waals surface area (Å²) in [6.07, 6.45) is 0. The van der Waals surface area contributed by atoms with Gasteiger partial charge in [-0.25, -0.2) is 9.59 Å². The molecule has 0 saturated carbocycles. The van der Waals surface area contributed by atoms with Crippen molar-refractivity contribution in [2.45, 2.75) is 0 Å². The Morgan fingerprint density at radius 3 is 1.56 bits per heavy atom. The number of benzene rings is 1. The lowest BCUT2D eigenvalue weighted by atomic mass is 10.1. The van der Waals surface area contributed by atoms with Crippen molar-refractivity contribution < 1.29 is 24.9 Å². The summed E-state index contributed by atoms with van der Waals surface area (Å²) < 4.78 is -0.146. The fraction of sp³-hybridized carbons (Fsp3) is 0. The average molecular weight is 419 g/mol. The van der Waals surface area contributed by atoms with Crippen molar-refractivity contribution in [2.75, 3.05) is 0 Å². The number of phenolic OH excluding ortho intramolecular Hbond substituents is 1. The number of halogens is 3. The molecule has 0 atom stereocenters. The van der Waals surface area contributed by atoms with Crippen LogP contribution in [0, 0.1) is 0 Å². The summed E-state index contributed by atoms with van der Waals surface area (Å²) in [6, 6.07) is 0. The molecule has 1 aromatic carbocycles. The average Bonchev–Trinajstić information content (AvgIpc) is 2.18. The highest BCUT2D eigenvalue weighted by atomic mass is 79.9. The summed E-state index contributed by atoms with van der Waals surface area (Å²) in [5.41, 5.74) is -0.955. The van der Waals surface area contributed by atoms with Gasteiger partial charge in [-0.2, -0.15) is 0 Å². The van der Waals surface area contributed by atoms with Gasteiger partial charge in [-0.3, -0.25) is 0 Å². The molecule has 0 aliphatic heterocycles. The summed E-state index contributed by atoms with van der Waals surface area (Å²) in [4.78, 5) is 21.9. The number of phenols is 1. The second-order valence-corrected chi connectivity index (χ2v) is 5.03. The van der Waals surface area contributed by atoms with E-state index in [1.165, 1.54) is 0 Å². The number of carboxylic acid groups (broad SMARTS) is 2. The summed E-state index contributed by atoms with van der Waals surface area (Å²) in [5, 5.41) is 27.4. The molecule has 1 rings (SSSR count). The van der Waals surface area contributed by atoms with Crippen LogP contribution in [0.15, 0.2) is 13.4 Å². The van der Waals surface area contributed by atoms with Gasteiger partial charge in [-0.1, -0.05) is 0 Å². The van der Waals surface area contributed by atoms with Gasteiger partial charge in [0.15, 0.2) is 0 Å². The lowest BCUT2D eigenvalue weighted by molar-refractivity contribution is 0.0649. The Labute approximate surface area is 114 Å². The highest BCUT2D eigenvalue weighted by molar-refractivity contribution is 9.13. The quantitative estimate of drug-likeness (QED) is 0.642. The van der Waals surface area contributed by atoms with Gasteiger partial charge in [0, 0.05) is 0 Å². The van der Waals surface area contributed by atoms with Crippen LogP contribution in [0.2, 0.25) is 0 Å². The first-order chi connectivity index (χ1) is 7.29. The summed E-state index contributed by atoms with van der Waals surface area (Å²) >= 11 is 8.70. The molecule has 8 heteroatoms. The third kappa shape index (κ3) is 2.09. The van der Waals surface area contributed by atoms with Crippen LogP contribution in [0.3, 0.4) is 0 Å². The number of rotatable bonds is 2. The minimum absolute atomic E-state index is 0.0295. The Hall–Kier alpha value is -0.600. The van der Waals surface area contributed by atoms with Crippen LogP contribution >= 0.6 is 47.8 Å². The molecule has 86 valence electrons. The van der Waals surface area contributed by atoms with E-state index in [0.717, 1.165) is 0 Å². The predicted molar refractivity (Wildman–Crippen MR) is 65.1 cm³/mol. The molecule has 0 spiro atoms. The molecular weight excluding hydrogens is 416 g/mol. The number of aromatic carboxylic acids is 2. The van der Waals surface area contributed by atoms with Crippen LogP contribution in [0.1, 0.15) is 20.7 Å². The van der Waals surface area contributed by atoms with Crippen LogP contribution in [-0.4, -0.2) is 27.3 Å². The maximum atomic E-state index is 10.9. The zero-order valence-corrected chi connectivity index (χ0v) is 12.1. The summed E-state index contributed by atoms with van der Waals surface area (Å²) in [6.45, 7) is 0. The first-order valence-corrected chi connectivity index (χ1v) is 6.03. The van der Waals surface area contributed by atoms with Gasteiger partial charge in [0.05, 0.1) is 24.5 Å². The molecule has 0 saturated heterocycles. The smallest absolute Gasteiger partial charge is 0.337 e. The van der Waals surface area contributed by atoms with Crippen molar-refractivity contribution in [2.24, 2.45) is 0 Å². The van der Waals surface area contributed by atoms with Crippen LogP contribution in [0.4, 0.5) is 0 Å². The minimum atomic E-state index is -1.45. The van der Waals surface area contributed by atoms with Crippen molar-refractivity contribution >= 4 is 59.7 Å². The first-order valence-electron chi connectivity index (χ1n) is 3.65. The van der Waals surface area contributed by atoms with Gasteiger partial charge in [-0.05, 0) is 47.8 Å². The van der Waals surface area contributed by atoms with Gasteiger partial charge in [0.1, 0.15) is 5.75 Å². The lowest BCUT2D eigenvalue weighted by Gasteiger charge is -2.11. The van der Waals surface area contributed by atoms with Gasteiger partial charge >= 0.3 is 11.9 Å². The highest BCUT2D eigenvalue weighted by Gasteiger charge is 2.28. The molecular formula is C8H3Br3O5. The molecule has 3 N–H and O–H groups in total. The highest BCUT2D eigenvalue weighted by Crippen LogP contribution is 2.43. The summed E-state index contributed by atoms with van der Waals surface area (Å²) in [5.74, 6) is -3.24. The van der Waals surface area contributed by atoms with E-state index in [-0.39, 0.29) is 19.2 Å². The van der Waals surface area contributed by atoms with Crippen LogP contribution < -0.4 is 0 Å². The van der Waals surface area contributed by atoms with E-state index in [0.29, 0.717) is 0 Å². The lowest BCUT2D eigenvalue weighted by Crippen LogP contribution is -2.10. The van der Waals surface area contributed by atoms with Crippen LogP contribution in [0.5, 0.6) is 5.75 Å². The van der Waals surface area contributed by atoms with E-state index in [2.05, 4.69) is 47.8 Å². The Balaban J connectivity index is 3.83. The fourth-order valence-electron chi connectivity index (χ4n) is 1.05. The molecule has 0 aliphatic rings. The summed E-state index contributed by atoms with van der Waals surface area (Å²) in [7, 11) is 0.